The number of halogens is 2. The Morgan fingerprint density at radius 3 is 2.35 bits per heavy atom. The third-order valence-electron chi connectivity index (χ3n) is 4.22. The van der Waals surface area contributed by atoms with Crippen molar-refractivity contribution < 1.29 is 18.7 Å². The van der Waals surface area contributed by atoms with Gasteiger partial charge >= 0.3 is 0 Å². The highest BCUT2D eigenvalue weighted by atomic mass is 32.2. The number of thioether (sulfide) groups is 1. The van der Waals surface area contributed by atoms with Crippen LogP contribution in [0.25, 0.3) is 0 Å². The van der Waals surface area contributed by atoms with E-state index in [1.807, 2.05) is 44.2 Å². The van der Waals surface area contributed by atoms with E-state index in [0.29, 0.717) is 6.42 Å². The number of aliphatic hydroxyl groups is 1. The second kappa shape index (κ2) is 14.1. The molecule has 31 heavy (non-hydrogen) atoms. The van der Waals surface area contributed by atoms with Gasteiger partial charge in [0.05, 0.1) is 0 Å². The number of nitrogens with zero attached hydrogens (tertiary/aromatic N) is 1. The maximum absolute atomic E-state index is 14.2. The van der Waals surface area contributed by atoms with Crippen LogP contribution in [0.3, 0.4) is 0 Å². The minimum absolute atomic E-state index is 0.0596. The summed E-state index contributed by atoms with van der Waals surface area (Å²) in [6, 6.07) is 12.9. The van der Waals surface area contributed by atoms with Gasteiger partial charge in [0.15, 0.2) is 0 Å². The number of carbonyl (C=O) groups excluding carboxylic acids is 1. The molecule has 0 radical (unpaired) electrons. The van der Waals surface area contributed by atoms with Crippen LogP contribution in [-0.2, 0) is 4.79 Å². The number of hydrogen-bond donors (Lipinski definition) is 3. The van der Waals surface area contributed by atoms with Crippen molar-refractivity contribution in [2.45, 2.75) is 44.4 Å². The second-order valence-corrected chi connectivity index (χ2v) is 8.41. The summed E-state index contributed by atoms with van der Waals surface area (Å²) in [7, 11) is 1.00. The van der Waals surface area contributed by atoms with E-state index in [4.69, 9.17) is 10.8 Å². The van der Waals surface area contributed by atoms with E-state index in [0.717, 1.165) is 37.8 Å². The normalized spacial score (nSPS) is 17.5. The standard InChI is InChI=1S/C19H20F2N2OS.C3H9N.CH4O/c1-12(2)10-17(24)23-19(13-6-4-3-5-7-13)25-18(22-23)15-11-14(20)8-9-16(15)21;1-2-3-4;1-2/h3-9,11-12,18-19,22H,10H2,1-2H3;2-4H2,1H3;2H,1H3. The topological polar surface area (TPSA) is 78.6 Å². The first-order valence-corrected chi connectivity index (χ1v) is 11.2. The van der Waals surface area contributed by atoms with E-state index < -0.39 is 17.0 Å². The molecule has 0 bridgehead atoms. The molecule has 2 aromatic carbocycles. The molecule has 0 aromatic heterocycles. The van der Waals surface area contributed by atoms with Crippen molar-refractivity contribution in [3.8, 4) is 0 Å². The molecule has 4 N–H and O–H groups in total. The molecule has 1 fully saturated rings. The molecule has 1 aliphatic rings. The average molecular weight is 454 g/mol. The van der Waals surface area contributed by atoms with Crippen molar-refractivity contribution in [2.75, 3.05) is 13.7 Å². The fourth-order valence-corrected chi connectivity index (χ4v) is 4.14. The van der Waals surface area contributed by atoms with Crippen LogP contribution in [0.5, 0.6) is 0 Å². The summed E-state index contributed by atoms with van der Waals surface area (Å²) in [6.45, 7) is 6.82. The number of amides is 1. The second-order valence-electron chi connectivity index (χ2n) is 7.22. The van der Waals surface area contributed by atoms with Crippen LogP contribution in [0.2, 0.25) is 0 Å². The summed E-state index contributed by atoms with van der Waals surface area (Å²) in [5, 5.41) is 7.73. The molecule has 0 spiro atoms. The van der Waals surface area contributed by atoms with Gasteiger partial charge in [0.25, 0.3) is 0 Å². The van der Waals surface area contributed by atoms with E-state index in [-0.39, 0.29) is 22.8 Å². The lowest BCUT2D eigenvalue weighted by molar-refractivity contribution is -0.135. The highest BCUT2D eigenvalue weighted by Gasteiger charge is 2.38. The highest BCUT2D eigenvalue weighted by molar-refractivity contribution is 7.99. The van der Waals surface area contributed by atoms with E-state index in [1.165, 1.54) is 17.8 Å². The van der Waals surface area contributed by atoms with Gasteiger partial charge in [-0.3, -0.25) is 9.80 Å². The van der Waals surface area contributed by atoms with Gasteiger partial charge in [-0.25, -0.2) is 14.2 Å². The Morgan fingerprint density at radius 1 is 1.19 bits per heavy atom. The molecular weight excluding hydrogens is 420 g/mol. The fraction of sp³-hybridized carbons (Fsp3) is 0.435. The van der Waals surface area contributed by atoms with E-state index >= 15 is 0 Å². The third-order valence-corrected chi connectivity index (χ3v) is 5.59. The maximum atomic E-state index is 14.2. The number of rotatable bonds is 5. The fourth-order valence-electron chi connectivity index (χ4n) is 2.77. The van der Waals surface area contributed by atoms with Crippen molar-refractivity contribution in [2.24, 2.45) is 11.7 Å². The summed E-state index contributed by atoms with van der Waals surface area (Å²) >= 11 is 1.39. The summed E-state index contributed by atoms with van der Waals surface area (Å²) in [4.78, 5) is 12.7. The first-order valence-electron chi connectivity index (χ1n) is 10.3. The smallest absolute Gasteiger partial charge is 0.238 e. The molecule has 2 unspecified atom stereocenters. The van der Waals surface area contributed by atoms with Crippen molar-refractivity contribution in [3.05, 3.63) is 71.3 Å². The Morgan fingerprint density at radius 2 is 1.81 bits per heavy atom. The first kappa shape index (κ1) is 27.0. The zero-order chi connectivity index (χ0) is 23.4. The summed E-state index contributed by atoms with van der Waals surface area (Å²) in [5.41, 5.74) is 9.25. The van der Waals surface area contributed by atoms with Gasteiger partial charge < -0.3 is 10.8 Å². The van der Waals surface area contributed by atoms with Gasteiger partial charge in [0, 0.05) is 19.1 Å². The third kappa shape index (κ3) is 8.22. The number of hydrazine groups is 1. The number of nitrogens with two attached hydrogens (primary N) is 1. The van der Waals surface area contributed by atoms with Crippen LogP contribution in [0, 0.1) is 17.6 Å². The quantitative estimate of drug-likeness (QED) is 0.609. The average Bonchev–Trinajstić information content (AvgIpc) is 3.22. The molecule has 0 saturated carbocycles. The van der Waals surface area contributed by atoms with Crippen LogP contribution in [0.1, 0.15) is 55.5 Å². The molecule has 0 aliphatic carbocycles. The molecule has 1 saturated heterocycles. The van der Waals surface area contributed by atoms with Gasteiger partial charge in [-0.15, -0.1) is 11.8 Å². The van der Waals surface area contributed by atoms with Crippen molar-refractivity contribution >= 4 is 17.7 Å². The van der Waals surface area contributed by atoms with Gasteiger partial charge in [-0.2, -0.15) is 0 Å². The summed E-state index contributed by atoms with van der Waals surface area (Å²) in [6.07, 6.45) is 1.48. The van der Waals surface area contributed by atoms with E-state index in [2.05, 4.69) is 12.3 Å². The molecule has 5 nitrogen and oxygen atoms in total. The molecule has 3 rings (SSSR count). The number of hydrogen-bond acceptors (Lipinski definition) is 5. The van der Waals surface area contributed by atoms with Gasteiger partial charge in [0.2, 0.25) is 5.91 Å². The van der Waals surface area contributed by atoms with E-state index in [1.54, 1.807) is 5.01 Å². The SMILES string of the molecule is CC(C)CC(=O)N1NC(c2cc(F)ccc2F)SC1c1ccccc1.CCCN.CO. The molecule has 8 heteroatoms. The first-order chi connectivity index (χ1) is 14.9. The van der Waals surface area contributed by atoms with Crippen LogP contribution in [0.15, 0.2) is 48.5 Å². The molecular formula is C23H33F2N3O2S. The molecule has 2 atom stereocenters. The minimum atomic E-state index is -0.531. The van der Waals surface area contributed by atoms with Gasteiger partial charge in [0.1, 0.15) is 22.4 Å². The predicted octanol–water partition coefficient (Wildman–Crippen LogP) is 4.75. The van der Waals surface area contributed by atoms with Crippen molar-refractivity contribution in [1.82, 2.24) is 10.4 Å². The zero-order valence-electron chi connectivity index (χ0n) is 18.5. The lowest BCUT2D eigenvalue weighted by Crippen LogP contribution is -2.40. The monoisotopic (exact) mass is 453 g/mol. The number of benzene rings is 2. The lowest BCUT2D eigenvalue weighted by Gasteiger charge is -2.24. The molecule has 172 valence electrons. The highest BCUT2D eigenvalue weighted by Crippen LogP contribution is 2.47. The molecule has 2 aromatic rings. The van der Waals surface area contributed by atoms with Crippen LogP contribution < -0.4 is 11.2 Å². The van der Waals surface area contributed by atoms with Crippen LogP contribution in [0.4, 0.5) is 8.78 Å². The number of aliphatic hydroxyl groups excluding tert-OH is 1. The zero-order valence-corrected chi connectivity index (χ0v) is 19.3. The predicted molar refractivity (Wildman–Crippen MR) is 123 cm³/mol. The van der Waals surface area contributed by atoms with Crippen molar-refractivity contribution in [3.63, 3.8) is 0 Å². The van der Waals surface area contributed by atoms with E-state index in [9.17, 15) is 13.6 Å². The van der Waals surface area contributed by atoms with Crippen LogP contribution in [-0.4, -0.2) is 29.7 Å². The lowest BCUT2D eigenvalue weighted by atomic mass is 10.1. The molecule has 1 aliphatic heterocycles. The Kier molecular flexibility index (Phi) is 12.3. The summed E-state index contributed by atoms with van der Waals surface area (Å²) in [5.74, 6) is -0.838. The Labute approximate surface area is 188 Å². The Balaban J connectivity index is 0.000000720. The Bertz CT molecular complexity index is 792. The minimum Gasteiger partial charge on any atom is -0.400 e. The Hall–Kier alpha value is -2.00. The van der Waals surface area contributed by atoms with Crippen molar-refractivity contribution in [1.29, 1.82) is 0 Å². The number of nitrogens with one attached hydrogen (secondary N) is 1. The molecule has 1 amide bonds. The maximum Gasteiger partial charge on any atom is 0.238 e. The summed E-state index contributed by atoms with van der Waals surface area (Å²) < 4.78 is 27.7. The number of carbonyl (C=O) groups is 1. The van der Waals surface area contributed by atoms with Gasteiger partial charge in [-0.05, 0) is 42.6 Å². The molecule has 1 heterocycles. The van der Waals surface area contributed by atoms with Gasteiger partial charge in [-0.1, -0.05) is 51.1 Å². The largest absolute Gasteiger partial charge is 0.400 e. The van der Waals surface area contributed by atoms with Crippen LogP contribution >= 0.6 is 11.8 Å².